The number of amides is 2. The Kier molecular flexibility index (Phi) is 4.12. The van der Waals surface area contributed by atoms with Gasteiger partial charge in [0.1, 0.15) is 11.8 Å². The van der Waals surface area contributed by atoms with E-state index in [1.54, 1.807) is 12.1 Å². The molecule has 1 saturated carbocycles. The molecule has 1 aliphatic rings. The van der Waals surface area contributed by atoms with Crippen molar-refractivity contribution in [2.24, 2.45) is 5.92 Å². The molecule has 0 heterocycles. The van der Waals surface area contributed by atoms with Crippen molar-refractivity contribution in [3.8, 4) is 5.75 Å². The van der Waals surface area contributed by atoms with Crippen molar-refractivity contribution in [3.05, 3.63) is 23.8 Å². The van der Waals surface area contributed by atoms with Crippen LogP contribution in [0, 0.1) is 12.8 Å². The van der Waals surface area contributed by atoms with Gasteiger partial charge in [-0.3, -0.25) is 0 Å². The molecule has 1 fully saturated rings. The molecule has 0 saturated heterocycles. The van der Waals surface area contributed by atoms with E-state index in [-0.39, 0.29) is 5.92 Å². The number of anilines is 1. The largest absolute Gasteiger partial charge is 0.495 e. The average molecular weight is 278 g/mol. The SMILES string of the molecule is COc1ccc(C)cc1NC(=O)NC(C(=O)O)C1CC1. The van der Waals surface area contributed by atoms with Crippen LogP contribution in [0.3, 0.4) is 0 Å². The highest BCUT2D eigenvalue weighted by molar-refractivity contribution is 5.93. The Bertz CT molecular complexity index is 526. The van der Waals surface area contributed by atoms with Crippen LogP contribution in [0.4, 0.5) is 10.5 Å². The number of urea groups is 1. The minimum atomic E-state index is -1.00. The van der Waals surface area contributed by atoms with Gasteiger partial charge in [-0.15, -0.1) is 0 Å². The second kappa shape index (κ2) is 5.81. The van der Waals surface area contributed by atoms with E-state index in [0.29, 0.717) is 11.4 Å². The number of hydrogen-bond acceptors (Lipinski definition) is 3. The van der Waals surface area contributed by atoms with E-state index in [1.807, 2.05) is 13.0 Å². The molecule has 0 radical (unpaired) electrons. The molecule has 6 heteroatoms. The van der Waals surface area contributed by atoms with Gasteiger partial charge in [-0.1, -0.05) is 6.07 Å². The molecule has 1 aromatic rings. The summed E-state index contributed by atoms with van der Waals surface area (Å²) in [5, 5.41) is 14.2. The molecule has 6 nitrogen and oxygen atoms in total. The number of nitrogens with one attached hydrogen (secondary N) is 2. The number of carbonyl (C=O) groups excluding carboxylic acids is 1. The Hall–Kier alpha value is -2.24. The summed E-state index contributed by atoms with van der Waals surface area (Å²) in [4.78, 5) is 23.0. The Morgan fingerprint density at radius 3 is 2.65 bits per heavy atom. The molecule has 1 aromatic carbocycles. The van der Waals surface area contributed by atoms with Crippen LogP contribution >= 0.6 is 0 Å². The maximum Gasteiger partial charge on any atom is 0.326 e. The first-order chi connectivity index (χ1) is 9.51. The van der Waals surface area contributed by atoms with Gasteiger partial charge < -0.3 is 20.5 Å². The summed E-state index contributed by atoms with van der Waals surface area (Å²) < 4.78 is 5.15. The van der Waals surface area contributed by atoms with Gasteiger partial charge in [0.25, 0.3) is 0 Å². The fourth-order valence-electron chi connectivity index (χ4n) is 2.03. The minimum absolute atomic E-state index is 0.0395. The van der Waals surface area contributed by atoms with Gasteiger partial charge in [-0.25, -0.2) is 9.59 Å². The minimum Gasteiger partial charge on any atom is -0.495 e. The van der Waals surface area contributed by atoms with Crippen molar-refractivity contribution in [1.29, 1.82) is 0 Å². The van der Waals surface area contributed by atoms with E-state index in [2.05, 4.69) is 10.6 Å². The summed E-state index contributed by atoms with van der Waals surface area (Å²) >= 11 is 0. The van der Waals surface area contributed by atoms with Gasteiger partial charge in [-0.05, 0) is 43.4 Å². The number of carboxylic acids is 1. The van der Waals surface area contributed by atoms with Crippen molar-refractivity contribution in [3.63, 3.8) is 0 Å². The van der Waals surface area contributed by atoms with Crippen LogP contribution in [0.15, 0.2) is 18.2 Å². The maximum atomic E-state index is 11.9. The van der Waals surface area contributed by atoms with Gasteiger partial charge in [0.15, 0.2) is 0 Å². The van der Waals surface area contributed by atoms with Gasteiger partial charge in [0.05, 0.1) is 12.8 Å². The topological polar surface area (TPSA) is 87.7 Å². The highest BCUT2D eigenvalue weighted by Gasteiger charge is 2.37. The summed E-state index contributed by atoms with van der Waals surface area (Å²) in [6, 6.07) is 4.02. The van der Waals surface area contributed by atoms with Crippen LogP contribution in [-0.4, -0.2) is 30.3 Å². The molecule has 2 amide bonds. The lowest BCUT2D eigenvalue weighted by Gasteiger charge is -2.16. The Morgan fingerprint density at radius 1 is 1.40 bits per heavy atom. The molecular formula is C14H18N2O4. The predicted octanol–water partition coefficient (Wildman–Crippen LogP) is 1.99. The van der Waals surface area contributed by atoms with Gasteiger partial charge in [0.2, 0.25) is 0 Å². The Balaban J connectivity index is 2.03. The molecule has 2 rings (SSSR count). The summed E-state index contributed by atoms with van der Waals surface area (Å²) in [7, 11) is 1.51. The number of benzene rings is 1. The van der Waals surface area contributed by atoms with Crippen LogP contribution in [-0.2, 0) is 4.79 Å². The molecular weight excluding hydrogens is 260 g/mol. The smallest absolute Gasteiger partial charge is 0.326 e. The van der Waals surface area contributed by atoms with Gasteiger partial charge in [0, 0.05) is 0 Å². The third-order valence-electron chi connectivity index (χ3n) is 3.25. The highest BCUT2D eigenvalue weighted by Crippen LogP contribution is 2.33. The molecule has 1 unspecified atom stereocenters. The second-order valence-electron chi connectivity index (χ2n) is 4.96. The second-order valence-corrected chi connectivity index (χ2v) is 4.96. The molecule has 1 atom stereocenters. The lowest BCUT2D eigenvalue weighted by molar-refractivity contribution is -0.139. The van der Waals surface area contributed by atoms with Crippen LogP contribution in [0.1, 0.15) is 18.4 Å². The first-order valence-electron chi connectivity index (χ1n) is 6.46. The molecule has 20 heavy (non-hydrogen) atoms. The summed E-state index contributed by atoms with van der Waals surface area (Å²) in [5.41, 5.74) is 1.49. The first-order valence-corrected chi connectivity index (χ1v) is 6.46. The lowest BCUT2D eigenvalue weighted by atomic mass is 10.2. The van der Waals surface area contributed by atoms with E-state index < -0.39 is 18.0 Å². The van der Waals surface area contributed by atoms with Crippen LogP contribution < -0.4 is 15.4 Å². The number of methoxy groups -OCH3 is 1. The Labute approximate surface area is 117 Å². The van der Waals surface area contributed by atoms with Crippen molar-refractivity contribution in [2.75, 3.05) is 12.4 Å². The number of carbonyl (C=O) groups is 2. The standard InChI is InChI=1S/C14H18N2O4/c1-8-3-6-11(20-2)10(7-8)15-14(19)16-12(13(17)18)9-4-5-9/h3,6-7,9,12H,4-5H2,1-2H3,(H,17,18)(H2,15,16,19). The molecule has 3 N–H and O–H groups in total. The third-order valence-corrected chi connectivity index (χ3v) is 3.25. The van der Waals surface area contributed by atoms with E-state index in [1.165, 1.54) is 7.11 Å². The number of rotatable bonds is 5. The lowest BCUT2D eigenvalue weighted by Crippen LogP contribution is -2.44. The molecule has 0 aromatic heterocycles. The van der Waals surface area contributed by atoms with Crippen LogP contribution in [0.5, 0.6) is 5.75 Å². The maximum absolute atomic E-state index is 11.9. The van der Waals surface area contributed by atoms with E-state index >= 15 is 0 Å². The first kappa shape index (κ1) is 14.2. The molecule has 0 aliphatic heterocycles. The van der Waals surface area contributed by atoms with Crippen molar-refractivity contribution in [1.82, 2.24) is 5.32 Å². The number of carboxylic acid groups (broad SMARTS) is 1. The number of hydrogen-bond donors (Lipinski definition) is 3. The molecule has 0 spiro atoms. The third kappa shape index (κ3) is 3.40. The van der Waals surface area contributed by atoms with Crippen molar-refractivity contribution in [2.45, 2.75) is 25.8 Å². The average Bonchev–Trinajstić information content (AvgIpc) is 3.20. The van der Waals surface area contributed by atoms with Crippen LogP contribution in [0.2, 0.25) is 0 Å². The van der Waals surface area contributed by atoms with E-state index in [4.69, 9.17) is 9.84 Å². The molecule has 108 valence electrons. The number of aliphatic carboxylic acids is 1. The monoisotopic (exact) mass is 278 g/mol. The molecule has 0 bridgehead atoms. The van der Waals surface area contributed by atoms with E-state index in [0.717, 1.165) is 18.4 Å². The zero-order valence-electron chi connectivity index (χ0n) is 11.5. The van der Waals surface area contributed by atoms with Crippen molar-refractivity contribution >= 4 is 17.7 Å². The summed E-state index contributed by atoms with van der Waals surface area (Å²) in [6.45, 7) is 1.90. The summed E-state index contributed by atoms with van der Waals surface area (Å²) in [5.74, 6) is -0.430. The molecule has 1 aliphatic carbocycles. The number of aryl methyl sites for hydroxylation is 1. The fourth-order valence-corrected chi connectivity index (χ4v) is 2.03. The quantitative estimate of drug-likeness (QED) is 0.768. The summed E-state index contributed by atoms with van der Waals surface area (Å²) in [6.07, 6.45) is 1.68. The van der Waals surface area contributed by atoms with Gasteiger partial charge >= 0.3 is 12.0 Å². The van der Waals surface area contributed by atoms with E-state index in [9.17, 15) is 9.59 Å². The van der Waals surface area contributed by atoms with Crippen LogP contribution in [0.25, 0.3) is 0 Å². The number of ether oxygens (including phenoxy) is 1. The Morgan fingerprint density at radius 2 is 2.10 bits per heavy atom. The van der Waals surface area contributed by atoms with Crippen molar-refractivity contribution < 1.29 is 19.4 Å². The predicted molar refractivity (Wildman–Crippen MR) is 74.0 cm³/mol. The normalized spacial score (nSPS) is 15.3. The zero-order valence-corrected chi connectivity index (χ0v) is 11.5. The fraction of sp³-hybridized carbons (Fsp3) is 0.429. The van der Waals surface area contributed by atoms with Gasteiger partial charge in [-0.2, -0.15) is 0 Å². The zero-order chi connectivity index (χ0) is 14.7. The highest BCUT2D eigenvalue weighted by atomic mass is 16.5.